The second-order valence-electron chi connectivity index (χ2n) is 1.72. The summed E-state index contributed by atoms with van der Waals surface area (Å²) in [6.07, 6.45) is 1.29. The predicted octanol–water partition coefficient (Wildman–Crippen LogP) is 2.80. The molecule has 0 aromatic rings. The van der Waals surface area contributed by atoms with Gasteiger partial charge in [-0.15, -0.1) is 30.6 Å². The first-order valence-electron chi connectivity index (χ1n) is 2.46. The molecule has 0 nitrogen and oxygen atoms in total. The molecule has 0 radical (unpaired) electrons. The van der Waals surface area contributed by atoms with Crippen LogP contribution in [0.3, 0.4) is 0 Å². The Morgan fingerprint density at radius 3 is 2.00 bits per heavy atom. The zero-order valence-electron chi connectivity index (χ0n) is 4.62. The average Bonchev–Trinajstić information content (AvgIpc) is 1.65. The fraction of sp³-hybridized carbons (Fsp3) is 1.00. The quantitative estimate of drug-likeness (QED) is 0.519. The summed E-state index contributed by atoms with van der Waals surface area (Å²) in [6, 6.07) is -0.640. The van der Waals surface area contributed by atoms with E-state index in [2.05, 4.69) is 44.4 Å². The highest BCUT2D eigenvalue weighted by Gasteiger charge is 2.07. The molecule has 0 aromatic heterocycles. The minimum Gasteiger partial charge on any atom is -0.115 e. The Morgan fingerprint density at radius 2 is 2.00 bits per heavy atom. The molecule has 0 saturated carbocycles. The average molecular weight is 246 g/mol. The summed E-state index contributed by atoms with van der Waals surface area (Å²) in [6.45, 7) is 4.48. The van der Waals surface area contributed by atoms with E-state index in [1.54, 1.807) is 0 Å². The van der Waals surface area contributed by atoms with Crippen molar-refractivity contribution in [3.63, 3.8) is 0 Å². The van der Waals surface area contributed by atoms with Crippen molar-refractivity contribution in [1.82, 2.24) is 0 Å². The van der Waals surface area contributed by atoms with Gasteiger partial charge in [0.2, 0.25) is 0 Å². The molecular formula is C4H10Br2Si. The molecule has 0 rings (SSSR count). The SMILES string of the molecule is CCC(C)[SiH](Br)Br. The van der Waals surface area contributed by atoms with Crippen molar-refractivity contribution in [2.24, 2.45) is 0 Å². The third kappa shape index (κ3) is 3.73. The fourth-order valence-electron chi connectivity index (χ4n) is 0.178. The van der Waals surface area contributed by atoms with Crippen molar-refractivity contribution >= 4 is 36.6 Å². The monoisotopic (exact) mass is 244 g/mol. The van der Waals surface area contributed by atoms with E-state index in [1.807, 2.05) is 0 Å². The van der Waals surface area contributed by atoms with Crippen LogP contribution in [0.25, 0.3) is 0 Å². The number of halogens is 2. The lowest BCUT2D eigenvalue weighted by atomic mass is 10.4. The minimum absolute atomic E-state index is 0.640. The van der Waals surface area contributed by atoms with Gasteiger partial charge < -0.3 is 0 Å². The van der Waals surface area contributed by atoms with Gasteiger partial charge in [-0.3, -0.25) is 0 Å². The molecule has 0 spiro atoms. The van der Waals surface area contributed by atoms with Crippen molar-refractivity contribution in [2.45, 2.75) is 25.8 Å². The lowest BCUT2D eigenvalue weighted by molar-refractivity contribution is 0.876. The number of hydrogen-bond acceptors (Lipinski definition) is 0. The molecule has 0 aromatic carbocycles. The maximum Gasteiger partial charge on any atom is 0.189 e. The van der Waals surface area contributed by atoms with Crippen LogP contribution < -0.4 is 0 Å². The summed E-state index contributed by atoms with van der Waals surface area (Å²) in [5.74, 6) is 0. The van der Waals surface area contributed by atoms with Crippen LogP contribution in [-0.2, 0) is 0 Å². The van der Waals surface area contributed by atoms with Gasteiger partial charge in [-0.25, -0.2) is 0 Å². The molecule has 0 fully saturated rings. The zero-order valence-corrected chi connectivity index (χ0v) is 8.94. The maximum atomic E-state index is 3.56. The Hall–Kier alpha value is 1.18. The molecule has 0 heterocycles. The zero-order chi connectivity index (χ0) is 5.86. The van der Waals surface area contributed by atoms with E-state index < -0.39 is 6.04 Å². The molecule has 44 valence electrons. The molecular weight excluding hydrogens is 236 g/mol. The summed E-state index contributed by atoms with van der Waals surface area (Å²) >= 11 is 7.11. The van der Waals surface area contributed by atoms with Crippen molar-refractivity contribution in [1.29, 1.82) is 0 Å². The topological polar surface area (TPSA) is 0 Å². The van der Waals surface area contributed by atoms with Crippen LogP contribution in [0.4, 0.5) is 0 Å². The van der Waals surface area contributed by atoms with Crippen molar-refractivity contribution < 1.29 is 0 Å². The first-order chi connectivity index (χ1) is 3.18. The summed E-state index contributed by atoms with van der Waals surface area (Å²) in [5, 5.41) is 0. The second-order valence-corrected chi connectivity index (χ2v) is 13.1. The Kier molecular flexibility index (Phi) is 4.78. The molecule has 0 bridgehead atoms. The first kappa shape index (κ1) is 8.18. The van der Waals surface area contributed by atoms with Crippen LogP contribution in [0.5, 0.6) is 0 Å². The van der Waals surface area contributed by atoms with E-state index in [-0.39, 0.29) is 0 Å². The molecule has 0 saturated heterocycles. The molecule has 1 atom stereocenters. The smallest absolute Gasteiger partial charge is 0.115 e. The van der Waals surface area contributed by atoms with E-state index in [9.17, 15) is 0 Å². The van der Waals surface area contributed by atoms with Crippen LogP contribution >= 0.6 is 30.6 Å². The first-order valence-corrected chi connectivity index (χ1v) is 9.50. The summed E-state index contributed by atoms with van der Waals surface area (Å²) < 4.78 is 0. The Balaban J connectivity index is 3.14. The maximum absolute atomic E-state index is 3.56. The normalized spacial score (nSPS) is 15.0. The molecule has 0 aliphatic rings. The van der Waals surface area contributed by atoms with Gasteiger partial charge in [-0.05, 0) is 5.54 Å². The van der Waals surface area contributed by atoms with E-state index in [1.165, 1.54) is 6.42 Å². The van der Waals surface area contributed by atoms with Crippen molar-refractivity contribution in [3.05, 3.63) is 0 Å². The number of hydrogen-bond donors (Lipinski definition) is 0. The lowest BCUT2D eigenvalue weighted by Gasteiger charge is -2.04. The molecule has 0 aliphatic heterocycles. The highest BCUT2D eigenvalue weighted by atomic mass is 79.9. The van der Waals surface area contributed by atoms with E-state index >= 15 is 0 Å². The van der Waals surface area contributed by atoms with Crippen LogP contribution in [0.1, 0.15) is 20.3 Å². The standard InChI is InChI=1S/C4H10Br2Si/c1-3-4(2)7(5)6/h4,7H,3H2,1-2H3. The van der Waals surface area contributed by atoms with Crippen molar-refractivity contribution in [2.75, 3.05) is 0 Å². The van der Waals surface area contributed by atoms with Gasteiger partial charge >= 0.3 is 0 Å². The lowest BCUT2D eigenvalue weighted by Crippen LogP contribution is -1.98. The van der Waals surface area contributed by atoms with Gasteiger partial charge in [-0.2, -0.15) is 0 Å². The van der Waals surface area contributed by atoms with Gasteiger partial charge in [0.15, 0.2) is 6.04 Å². The Bertz CT molecular complexity index is 47.0. The molecule has 0 amide bonds. The Morgan fingerprint density at radius 1 is 1.57 bits per heavy atom. The third-order valence-corrected chi connectivity index (χ3v) is 7.82. The molecule has 0 N–H and O–H groups in total. The van der Waals surface area contributed by atoms with Crippen LogP contribution in [0.15, 0.2) is 0 Å². The molecule has 0 aliphatic carbocycles. The third-order valence-electron chi connectivity index (χ3n) is 1.07. The van der Waals surface area contributed by atoms with Crippen LogP contribution in [0, 0.1) is 0 Å². The minimum atomic E-state index is -0.640. The summed E-state index contributed by atoms with van der Waals surface area (Å²) in [5.41, 5.74) is 0.875. The largest absolute Gasteiger partial charge is 0.189 e. The highest BCUT2D eigenvalue weighted by molar-refractivity contribution is 9.49. The fourth-order valence-corrected chi connectivity index (χ4v) is 2.78. The second kappa shape index (κ2) is 4.10. The van der Waals surface area contributed by atoms with Gasteiger partial charge in [0.1, 0.15) is 0 Å². The van der Waals surface area contributed by atoms with Gasteiger partial charge in [-0.1, -0.05) is 20.3 Å². The predicted molar refractivity (Wildman–Crippen MR) is 44.7 cm³/mol. The highest BCUT2D eigenvalue weighted by Crippen LogP contribution is 2.22. The number of rotatable bonds is 2. The van der Waals surface area contributed by atoms with Gasteiger partial charge in [0.25, 0.3) is 0 Å². The van der Waals surface area contributed by atoms with Crippen LogP contribution in [-0.4, -0.2) is 6.04 Å². The van der Waals surface area contributed by atoms with E-state index in [0.29, 0.717) is 0 Å². The molecule has 3 heteroatoms. The summed E-state index contributed by atoms with van der Waals surface area (Å²) in [7, 11) is 0. The molecule has 1 unspecified atom stereocenters. The van der Waals surface area contributed by atoms with Gasteiger partial charge in [0, 0.05) is 0 Å². The van der Waals surface area contributed by atoms with Gasteiger partial charge in [0.05, 0.1) is 0 Å². The van der Waals surface area contributed by atoms with E-state index in [0.717, 1.165) is 5.54 Å². The van der Waals surface area contributed by atoms with E-state index in [4.69, 9.17) is 0 Å². The van der Waals surface area contributed by atoms with Crippen molar-refractivity contribution in [3.8, 4) is 0 Å². The Labute approximate surface area is 62.4 Å². The van der Waals surface area contributed by atoms with Crippen LogP contribution in [0.2, 0.25) is 5.54 Å². The summed E-state index contributed by atoms with van der Waals surface area (Å²) in [4.78, 5) is 0. The molecule has 7 heavy (non-hydrogen) atoms.